The monoisotopic (exact) mass is 358 g/mol. The molecule has 4 heterocycles. The van der Waals surface area contributed by atoms with Crippen LogP contribution in [0.25, 0.3) is 0 Å². The Morgan fingerprint density at radius 3 is 2.73 bits per heavy atom. The van der Waals surface area contributed by atoms with Gasteiger partial charge in [0.15, 0.2) is 0 Å². The van der Waals surface area contributed by atoms with E-state index >= 15 is 0 Å². The highest BCUT2D eigenvalue weighted by atomic mass is 16.5. The molecule has 6 heteroatoms. The van der Waals surface area contributed by atoms with Crippen molar-refractivity contribution in [2.24, 2.45) is 5.92 Å². The number of pyridine rings is 1. The van der Waals surface area contributed by atoms with Gasteiger partial charge in [-0.3, -0.25) is 19.9 Å². The van der Waals surface area contributed by atoms with Gasteiger partial charge in [0.25, 0.3) is 5.91 Å². The normalized spacial score (nSPS) is 31.7. The molecule has 0 saturated carbocycles. The number of rotatable bonds is 4. The summed E-state index contributed by atoms with van der Waals surface area (Å²) < 4.78 is 0. The first-order valence-corrected chi connectivity index (χ1v) is 9.97. The van der Waals surface area contributed by atoms with E-state index in [0.29, 0.717) is 11.6 Å². The number of aromatic nitrogens is 1. The van der Waals surface area contributed by atoms with Crippen LogP contribution in [0.1, 0.15) is 60.6 Å². The van der Waals surface area contributed by atoms with Gasteiger partial charge in [0.2, 0.25) is 0 Å². The quantitative estimate of drug-likeness (QED) is 0.638. The summed E-state index contributed by atoms with van der Waals surface area (Å²) in [5.74, 6) is 0.285. The maximum absolute atomic E-state index is 11.7. The van der Waals surface area contributed by atoms with Crippen molar-refractivity contribution in [1.29, 1.82) is 0 Å². The van der Waals surface area contributed by atoms with Crippen LogP contribution in [0.15, 0.2) is 12.3 Å². The summed E-state index contributed by atoms with van der Waals surface area (Å²) in [6.07, 6.45) is 9.01. The number of carbonyl (C=O) groups excluding carboxylic acids is 1. The van der Waals surface area contributed by atoms with E-state index in [4.69, 9.17) is 5.21 Å². The van der Waals surface area contributed by atoms with Gasteiger partial charge in [-0.25, -0.2) is 5.48 Å². The molecule has 3 aliphatic rings. The number of piperidine rings is 1. The molecule has 1 amide bonds. The van der Waals surface area contributed by atoms with E-state index in [-0.39, 0.29) is 0 Å². The predicted molar refractivity (Wildman–Crippen MR) is 99.0 cm³/mol. The Bertz CT molecular complexity index is 666. The molecule has 1 aromatic rings. The summed E-state index contributed by atoms with van der Waals surface area (Å²) in [5, 5.41) is 8.88. The van der Waals surface area contributed by atoms with Crippen molar-refractivity contribution in [3.05, 3.63) is 29.1 Å². The van der Waals surface area contributed by atoms with Crippen LogP contribution in [-0.2, 0) is 13.0 Å². The van der Waals surface area contributed by atoms with E-state index in [0.717, 1.165) is 55.2 Å². The van der Waals surface area contributed by atoms with Crippen molar-refractivity contribution in [3.63, 3.8) is 0 Å². The van der Waals surface area contributed by atoms with Crippen LogP contribution in [0.3, 0.4) is 0 Å². The Balaban J connectivity index is 1.49. The molecule has 0 aromatic carbocycles. The van der Waals surface area contributed by atoms with Gasteiger partial charge in [-0.2, -0.15) is 0 Å². The topological polar surface area (TPSA) is 68.7 Å². The third kappa shape index (κ3) is 3.26. The third-order valence-corrected chi connectivity index (χ3v) is 6.90. The average Bonchev–Trinajstić information content (AvgIpc) is 2.87. The van der Waals surface area contributed by atoms with Gasteiger partial charge >= 0.3 is 0 Å². The zero-order valence-corrected chi connectivity index (χ0v) is 15.8. The summed E-state index contributed by atoms with van der Waals surface area (Å²) in [5.41, 5.74) is 4.37. The molecule has 2 bridgehead atoms. The highest BCUT2D eigenvalue weighted by Crippen LogP contribution is 2.38. The van der Waals surface area contributed by atoms with Gasteiger partial charge in [0, 0.05) is 49.5 Å². The zero-order chi connectivity index (χ0) is 18.3. The predicted octanol–water partition coefficient (Wildman–Crippen LogP) is 2.21. The third-order valence-electron chi connectivity index (χ3n) is 6.90. The molecule has 4 rings (SSSR count). The van der Waals surface area contributed by atoms with E-state index in [1.807, 2.05) is 6.07 Å². The average molecular weight is 358 g/mol. The SMILES string of the molecule is CC[C@H]1Cc2ncc(C(=O)NO)cc2CN1CC1CC2CCC(C1)N2C. The summed E-state index contributed by atoms with van der Waals surface area (Å²) >= 11 is 0. The Labute approximate surface area is 155 Å². The van der Waals surface area contributed by atoms with Crippen molar-refractivity contribution < 1.29 is 10.0 Å². The molecule has 26 heavy (non-hydrogen) atoms. The molecular weight excluding hydrogens is 328 g/mol. The number of carbonyl (C=O) groups is 1. The molecule has 3 aliphatic heterocycles. The van der Waals surface area contributed by atoms with Crippen molar-refractivity contribution in [2.75, 3.05) is 13.6 Å². The molecule has 2 saturated heterocycles. The van der Waals surface area contributed by atoms with Crippen LogP contribution >= 0.6 is 0 Å². The number of hydrogen-bond donors (Lipinski definition) is 2. The fourth-order valence-corrected chi connectivity index (χ4v) is 5.37. The van der Waals surface area contributed by atoms with Crippen LogP contribution in [0.2, 0.25) is 0 Å². The minimum atomic E-state index is -0.489. The molecule has 3 atom stereocenters. The Morgan fingerprint density at radius 1 is 1.35 bits per heavy atom. The second-order valence-electron chi connectivity index (χ2n) is 8.35. The first-order chi connectivity index (χ1) is 12.6. The smallest absolute Gasteiger partial charge is 0.276 e. The highest BCUT2D eigenvalue weighted by Gasteiger charge is 2.39. The first kappa shape index (κ1) is 17.9. The highest BCUT2D eigenvalue weighted by molar-refractivity contribution is 5.93. The molecule has 1 aromatic heterocycles. The van der Waals surface area contributed by atoms with Crippen LogP contribution in [0, 0.1) is 5.92 Å². The molecular formula is C20H30N4O2. The largest absolute Gasteiger partial charge is 0.300 e. The lowest BCUT2D eigenvalue weighted by Crippen LogP contribution is -2.47. The minimum absolute atomic E-state index is 0.429. The van der Waals surface area contributed by atoms with Crippen LogP contribution < -0.4 is 5.48 Å². The molecule has 0 radical (unpaired) electrons. The summed E-state index contributed by atoms with van der Waals surface area (Å²) in [6.45, 7) is 4.26. The summed E-state index contributed by atoms with van der Waals surface area (Å²) in [6, 6.07) is 3.98. The molecule has 6 nitrogen and oxygen atoms in total. The fraction of sp³-hybridized carbons (Fsp3) is 0.700. The van der Waals surface area contributed by atoms with E-state index in [2.05, 4.69) is 28.8 Å². The Kier molecular flexibility index (Phi) is 4.99. The van der Waals surface area contributed by atoms with E-state index in [9.17, 15) is 4.79 Å². The number of amides is 1. The van der Waals surface area contributed by atoms with Gasteiger partial charge in [0.05, 0.1) is 5.56 Å². The number of hydroxylamine groups is 1. The van der Waals surface area contributed by atoms with Gasteiger partial charge in [0.1, 0.15) is 0 Å². The first-order valence-electron chi connectivity index (χ1n) is 9.97. The lowest BCUT2D eigenvalue weighted by Gasteiger charge is -2.42. The molecule has 142 valence electrons. The minimum Gasteiger partial charge on any atom is -0.300 e. The van der Waals surface area contributed by atoms with Crippen LogP contribution in [0.4, 0.5) is 0 Å². The number of hydrogen-bond acceptors (Lipinski definition) is 5. The van der Waals surface area contributed by atoms with Crippen molar-refractivity contribution in [1.82, 2.24) is 20.3 Å². The lowest BCUT2D eigenvalue weighted by molar-refractivity contribution is 0.0702. The van der Waals surface area contributed by atoms with Crippen molar-refractivity contribution >= 4 is 5.91 Å². The van der Waals surface area contributed by atoms with E-state index in [1.165, 1.54) is 25.7 Å². The maximum Gasteiger partial charge on any atom is 0.276 e. The summed E-state index contributed by atoms with van der Waals surface area (Å²) in [4.78, 5) is 21.4. The molecule has 2 N–H and O–H groups in total. The summed E-state index contributed by atoms with van der Waals surface area (Å²) in [7, 11) is 2.30. The Hall–Kier alpha value is -1.50. The van der Waals surface area contributed by atoms with Crippen molar-refractivity contribution in [2.45, 2.75) is 70.1 Å². The van der Waals surface area contributed by atoms with Crippen LogP contribution in [-0.4, -0.2) is 57.6 Å². The standard InChI is InChI=1S/C20H30N4O2/c1-3-16-9-19-15(8-14(10-21-19)20(25)22-26)12-24(16)11-13-6-17-4-5-18(7-13)23(17)2/h8,10,13,16-18,26H,3-7,9,11-12H2,1-2H3,(H,22,25)/t13?,16-,17?,18?/m0/s1. The second kappa shape index (κ2) is 7.25. The van der Waals surface area contributed by atoms with Gasteiger partial charge in [-0.05, 0) is 56.7 Å². The maximum atomic E-state index is 11.7. The number of nitrogens with one attached hydrogen (secondary N) is 1. The van der Waals surface area contributed by atoms with Crippen molar-refractivity contribution in [3.8, 4) is 0 Å². The molecule has 2 fully saturated rings. The zero-order valence-electron chi connectivity index (χ0n) is 15.8. The number of nitrogens with zero attached hydrogens (tertiary/aromatic N) is 3. The lowest BCUT2D eigenvalue weighted by atomic mass is 9.88. The van der Waals surface area contributed by atoms with Gasteiger partial charge in [-0.15, -0.1) is 0 Å². The fourth-order valence-electron chi connectivity index (χ4n) is 5.37. The second-order valence-corrected chi connectivity index (χ2v) is 8.35. The molecule has 0 aliphatic carbocycles. The van der Waals surface area contributed by atoms with Gasteiger partial charge in [-0.1, -0.05) is 6.92 Å². The van der Waals surface area contributed by atoms with E-state index < -0.39 is 5.91 Å². The van der Waals surface area contributed by atoms with Gasteiger partial charge < -0.3 is 4.90 Å². The van der Waals surface area contributed by atoms with E-state index in [1.54, 1.807) is 11.7 Å². The molecule has 2 unspecified atom stereocenters. The Morgan fingerprint density at radius 2 is 2.08 bits per heavy atom. The van der Waals surface area contributed by atoms with Crippen LogP contribution in [0.5, 0.6) is 0 Å². The number of fused-ring (bicyclic) bond motifs is 3. The molecule has 0 spiro atoms.